The highest BCUT2D eigenvalue weighted by Crippen LogP contribution is 2.37. The topological polar surface area (TPSA) is 32.3 Å². The van der Waals surface area contributed by atoms with Gasteiger partial charge in [-0.15, -0.1) is 11.3 Å². The van der Waals surface area contributed by atoms with Gasteiger partial charge in [0, 0.05) is 10.9 Å². The summed E-state index contributed by atoms with van der Waals surface area (Å²) in [4.78, 5) is 16.3. The molecule has 1 amide bonds. The van der Waals surface area contributed by atoms with Crippen molar-refractivity contribution < 1.29 is 4.79 Å². The fourth-order valence-electron chi connectivity index (χ4n) is 3.91. The standard InChI is InChI=1S/C17H26N2OS/c1-3-7-14-17(20)19(12(2)13-8-4-5-9-13)16(18-14)15-10-6-11-21-15/h6,10-14,16,18H,3-5,7-9H2,1-2H3. The Kier molecular flexibility index (Phi) is 4.65. The number of nitrogens with one attached hydrogen (secondary N) is 1. The Hall–Kier alpha value is -0.870. The Morgan fingerprint density at radius 3 is 2.81 bits per heavy atom. The van der Waals surface area contributed by atoms with Gasteiger partial charge in [-0.3, -0.25) is 10.1 Å². The van der Waals surface area contributed by atoms with Gasteiger partial charge in [-0.25, -0.2) is 0 Å². The number of carbonyl (C=O) groups excluding carboxylic acids is 1. The van der Waals surface area contributed by atoms with Crippen molar-refractivity contribution >= 4 is 17.2 Å². The molecule has 2 aliphatic rings. The van der Waals surface area contributed by atoms with Gasteiger partial charge in [0.25, 0.3) is 0 Å². The summed E-state index contributed by atoms with van der Waals surface area (Å²) < 4.78 is 0. The van der Waals surface area contributed by atoms with Crippen LogP contribution in [0.5, 0.6) is 0 Å². The molecule has 1 aliphatic heterocycles. The van der Waals surface area contributed by atoms with Gasteiger partial charge in [0.05, 0.1) is 6.04 Å². The molecule has 3 atom stereocenters. The first-order chi connectivity index (χ1) is 10.2. The minimum Gasteiger partial charge on any atom is -0.318 e. The van der Waals surface area contributed by atoms with Gasteiger partial charge in [-0.05, 0) is 43.6 Å². The van der Waals surface area contributed by atoms with Crippen LogP contribution in [0.4, 0.5) is 0 Å². The largest absolute Gasteiger partial charge is 0.318 e. The molecule has 0 bridgehead atoms. The molecule has 2 heterocycles. The molecule has 1 aromatic rings. The van der Waals surface area contributed by atoms with Crippen LogP contribution in [0, 0.1) is 5.92 Å². The van der Waals surface area contributed by atoms with Gasteiger partial charge in [0.15, 0.2) is 0 Å². The monoisotopic (exact) mass is 306 g/mol. The number of rotatable bonds is 5. The first kappa shape index (κ1) is 15.0. The minimum atomic E-state index is 0.00551. The zero-order valence-electron chi connectivity index (χ0n) is 13.0. The molecular weight excluding hydrogens is 280 g/mol. The molecule has 1 N–H and O–H groups in total. The molecule has 1 saturated heterocycles. The number of amides is 1. The number of thiophene rings is 1. The molecular formula is C17H26N2OS. The summed E-state index contributed by atoms with van der Waals surface area (Å²) in [6.45, 7) is 4.41. The smallest absolute Gasteiger partial charge is 0.241 e. The van der Waals surface area contributed by atoms with Crippen molar-refractivity contribution in [3.05, 3.63) is 22.4 Å². The Labute approximate surface area is 131 Å². The number of hydrogen-bond donors (Lipinski definition) is 1. The lowest BCUT2D eigenvalue weighted by Gasteiger charge is -2.33. The van der Waals surface area contributed by atoms with E-state index in [0.29, 0.717) is 17.9 Å². The lowest BCUT2D eigenvalue weighted by molar-refractivity contribution is -0.133. The van der Waals surface area contributed by atoms with Crippen LogP contribution in [0.2, 0.25) is 0 Å². The number of hydrogen-bond acceptors (Lipinski definition) is 3. The number of carbonyl (C=O) groups is 1. The summed E-state index contributed by atoms with van der Waals surface area (Å²) in [5.41, 5.74) is 0. The first-order valence-corrected chi connectivity index (χ1v) is 9.22. The lowest BCUT2D eigenvalue weighted by Crippen LogP contribution is -2.42. The van der Waals surface area contributed by atoms with Gasteiger partial charge < -0.3 is 4.90 Å². The molecule has 3 unspecified atom stereocenters. The summed E-state index contributed by atoms with van der Waals surface area (Å²) in [5, 5.41) is 5.69. The summed E-state index contributed by atoms with van der Waals surface area (Å²) >= 11 is 1.75. The fraction of sp³-hybridized carbons (Fsp3) is 0.706. The van der Waals surface area contributed by atoms with Crippen LogP contribution in [0.25, 0.3) is 0 Å². The highest BCUT2D eigenvalue weighted by Gasteiger charge is 2.43. The Morgan fingerprint density at radius 1 is 1.43 bits per heavy atom. The second kappa shape index (κ2) is 6.49. The van der Waals surface area contributed by atoms with E-state index < -0.39 is 0 Å². The SMILES string of the molecule is CCCC1NC(c2cccs2)N(C(C)C2CCCC2)C1=O. The molecule has 0 radical (unpaired) electrons. The van der Waals surface area contributed by atoms with Crippen LogP contribution in [0.1, 0.15) is 63.4 Å². The summed E-state index contributed by atoms with van der Waals surface area (Å²) in [6.07, 6.45) is 7.28. The van der Waals surface area contributed by atoms with Crippen molar-refractivity contribution in [2.24, 2.45) is 5.92 Å². The molecule has 21 heavy (non-hydrogen) atoms. The van der Waals surface area contributed by atoms with E-state index in [4.69, 9.17) is 0 Å². The maximum Gasteiger partial charge on any atom is 0.241 e. The molecule has 4 heteroatoms. The van der Waals surface area contributed by atoms with Gasteiger partial charge in [0.2, 0.25) is 5.91 Å². The molecule has 2 fully saturated rings. The third-order valence-electron chi connectivity index (χ3n) is 5.10. The van der Waals surface area contributed by atoms with Crippen LogP contribution in [0.3, 0.4) is 0 Å². The maximum atomic E-state index is 12.9. The fourth-order valence-corrected chi connectivity index (χ4v) is 4.70. The van der Waals surface area contributed by atoms with E-state index in [0.717, 1.165) is 12.8 Å². The van der Waals surface area contributed by atoms with Crippen molar-refractivity contribution in [2.75, 3.05) is 0 Å². The maximum absolute atomic E-state index is 12.9. The van der Waals surface area contributed by atoms with E-state index in [1.807, 2.05) is 0 Å². The van der Waals surface area contributed by atoms with Crippen molar-refractivity contribution in [3.63, 3.8) is 0 Å². The van der Waals surface area contributed by atoms with Crippen molar-refractivity contribution in [1.29, 1.82) is 0 Å². The van der Waals surface area contributed by atoms with E-state index in [1.54, 1.807) is 11.3 Å². The minimum absolute atomic E-state index is 0.00551. The Morgan fingerprint density at radius 2 is 2.19 bits per heavy atom. The predicted molar refractivity (Wildman–Crippen MR) is 87.2 cm³/mol. The summed E-state index contributed by atoms with van der Waals surface area (Å²) in [6, 6.07) is 4.59. The van der Waals surface area contributed by atoms with E-state index in [9.17, 15) is 4.79 Å². The van der Waals surface area contributed by atoms with E-state index in [1.165, 1.54) is 30.6 Å². The van der Waals surface area contributed by atoms with Gasteiger partial charge >= 0.3 is 0 Å². The van der Waals surface area contributed by atoms with Gasteiger partial charge in [0.1, 0.15) is 6.17 Å². The second-order valence-corrected chi connectivity index (χ2v) is 7.44. The van der Waals surface area contributed by atoms with E-state index >= 15 is 0 Å². The third-order valence-corrected chi connectivity index (χ3v) is 6.03. The highest BCUT2D eigenvalue weighted by atomic mass is 32.1. The second-order valence-electron chi connectivity index (χ2n) is 6.46. The van der Waals surface area contributed by atoms with Crippen LogP contribution >= 0.6 is 11.3 Å². The Balaban J connectivity index is 1.83. The van der Waals surface area contributed by atoms with Crippen molar-refractivity contribution in [1.82, 2.24) is 10.2 Å². The summed E-state index contributed by atoms with van der Waals surface area (Å²) in [7, 11) is 0. The number of nitrogens with zero attached hydrogens (tertiary/aromatic N) is 1. The van der Waals surface area contributed by atoms with Crippen molar-refractivity contribution in [3.8, 4) is 0 Å². The molecule has 0 spiro atoms. The van der Waals surface area contributed by atoms with Crippen molar-refractivity contribution in [2.45, 2.75) is 70.6 Å². The summed E-state index contributed by atoms with van der Waals surface area (Å²) in [5.74, 6) is 0.994. The first-order valence-electron chi connectivity index (χ1n) is 8.34. The average molecular weight is 306 g/mol. The molecule has 1 aliphatic carbocycles. The molecule has 3 nitrogen and oxygen atoms in total. The van der Waals surface area contributed by atoms with Crippen LogP contribution < -0.4 is 5.32 Å². The lowest BCUT2D eigenvalue weighted by atomic mass is 9.97. The molecule has 1 saturated carbocycles. The van der Waals surface area contributed by atoms with Gasteiger partial charge in [-0.2, -0.15) is 0 Å². The quantitative estimate of drug-likeness (QED) is 0.894. The van der Waals surface area contributed by atoms with Gasteiger partial charge in [-0.1, -0.05) is 32.3 Å². The molecule has 1 aromatic heterocycles. The normalized spacial score (nSPS) is 28.5. The Bertz CT molecular complexity index is 467. The van der Waals surface area contributed by atoms with Crippen LogP contribution in [0.15, 0.2) is 17.5 Å². The van der Waals surface area contributed by atoms with E-state index in [-0.39, 0.29) is 12.2 Å². The zero-order valence-corrected chi connectivity index (χ0v) is 13.9. The highest BCUT2D eigenvalue weighted by molar-refractivity contribution is 7.10. The van der Waals surface area contributed by atoms with Crippen LogP contribution in [-0.2, 0) is 4.79 Å². The molecule has 116 valence electrons. The average Bonchev–Trinajstić information content (AvgIpc) is 3.20. The van der Waals surface area contributed by atoms with E-state index in [2.05, 4.69) is 41.6 Å². The zero-order chi connectivity index (χ0) is 14.8. The van der Waals surface area contributed by atoms with Crippen LogP contribution in [-0.4, -0.2) is 22.9 Å². The molecule has 3 rings (SSSR count). The third kappa shape index (κ3) is 2.88. The molecule has 0 aromatic carbocycles. The predicted octanol–water partition coefficient (Wildman–Crippen LogP) is 3.93.